The zero-order chi connectivity index (χ0) is 15.4. The van der Waals surface area contributed by atoms with Crippen LogP contribution in [0, 0.1) is 0 Å². The van der Waals surface area contributed by atoms with Crippen LogP contribution in [-0.2, 0) is 21.4 Å². The minimum Gasteiger partial charge on any atom is -0.379 e. The zero-order valence-corrected chi connectivity index (χ0v) is 13.7. The molecular formula is C16H24N2O3S. The molecule has 2 aliphatic rings. The highest BCUT2D eigenvalue weighted by atomic mass is 32.2. The summed E-state index contributed by atoms with van der Waals surface area (Å²) in [6.45, 7) is 2.57. The van der Waals surface area contributed by atoms with E-state index in [0.29, 0.717) is 32.8 Å². The van der Waals surface area contributed by atoms with Gasteiger partial charge in [-0.2, -0.15) is 17.0 Å². The van der Waals surface area contributed by atoms with Gasteiger partial charge >= 0.3 is 0 Å². The van der Waals surface area contributed by atoms with Gasteiger partial charge < -0.3 is 4.74 Å². The predicted molar refractivity (Wildman–Crippen MR) is 85.8 cm³/mol. The number of hydrogen-bond donors (Lipinski definition) is 0. The molecule has 3 rings (SSSR count). The van der Waals surface area contributed by atoms with Gasteiger partial charge in [0.05, 0.1) is 13.2 Å². The van der Waals surface area contributed by atoms with Gasteiger partial charge in [0.1, 0.15) is 0 Å². The number of rotatable bonds is 4. The summed E-state index contributed by atoms with van der Waals surface area (Å²) in [7, 11) is -3.37. The van der Waals surface area contributed by atoms with E-state index in [-0.39, 0.29) is 6.04 Å². The summed E-state index contributed by atoms with van der Waals surface area (Å²) in [6, 6.07) is 10.2. The second kappa shape index (κ2) is 7.08. The predicted octanol–water partition coefficient (Wildman–Crippen LogP) is 1.66. The summed E-state index contributed by atoms with van der Waals surface area (Å²) in [5.41, 5.74) is 1.21. The Kier molecular flexibility index (Phi) is 5.13. The molecule has 0 saturated carbocycles. The molecule has 0 aromatic heterocycles. The van der Waals surface area contributed by atoms with Crippen molar-refractivity contribution >= 4 is 10.2 Å². The van der Waals surface area contributed by atoms with Crippen molar-refractivity contribution in [3.05, 3.63) is 35.9 Å². The summed E-state index contributed by atoms with van der Waals surface area (Å²) < 4.78 is 34.5. The highest BCUT2D eigenvalue weighted by Gasteiger charge is 2.37. The fraction of sp³-hybridized carbons (Fsp3) is 0.625. The zero-order valence-electron chi connectivity index (χ0n) is 12.9. The van der Waals surface area contributed by atoms with Crippen molar-refractivity contribution in [2.24, 2.45) is 0 Å². The highest BCUT2D eigenvalue weighted by Crippen LogP contribution is 2.25. The molecule has 5 nitrogen and oxygen atoms in total. The minimum absolute atomic E-state index is 0.0731. The van der Waals surface area contributed by atoms with E-state index in [2.05, 4.69) is 12.1 Å². The van der Waals surface area contributed by atoms with Crippen molar-refractivity contribution in [2.75, 3.05) is 32.8 Å². The molecule has 0 bridgehead atoms. The average molecular weight is 324 g/mol. The lowest BCUT2D eigenvalue weighted by molar-refractivity contribution is 0.0682. The first kappa shape index (κ1) is 15.9. The maximum Gasteiger partial charge on any atom is 0.282 e. The second-order valence-corrected chi connectivity index (χ2v) is 7.85. The molecule has 2 heterocycles. The van der Waals surface area contributed by atoms with Crippen LogP contribution >= 0.6 is 0 Å². The molecule has 0 N–H and O–H groups in total. The summed E-state index contributed by atoms with van der Waals surface area (Å²) in [4.78, 5) is 0. The first-order valence-electron chi connectivity index (χ1n) is 8.06. The molecule has 0 aliphatic carbocycles. The first-order valence-corrected chi connectivity index (χ1v) is 9.46. The molecule has 1 atom stereocenters. The van der Waals surface area contributed by atoms with Crippen molar-refractivity contribution in [3.63, 3.8) is 0 Å². The molecule has 1 aromatic rings. The molecule has 0 spiro atoms. The Labute approximate surface area is 133 Å². The molecule has 1 aromatic carbocycles. The van der Waals surface area contributed by atoms with Crippen LogP contribution in [-0.4, -0.2) is 55.9 Å². The lowest BCUT2D eigenvalue weighted by Crippen LogP contribution is -2.53. The van der Waals surface area contributed by atoms with E-state index < -0.39 is 10.2 Å². The van der Waals surface area contributed by atoms with E-state index in [1.807, 2.05) is 18.2 Å². The summed E-state index contributed by atoms with van der Waals surface area (Å²) in [5, 5.41) is 0. The topological polar surface area (TPSA) is 49.9 Å². The van der Waals surface area contributed by atoms with Crippen LogP contribution in [0.1, 0.15) is 24.8 Å². The van der Waals surface area contributed by atoms with Crippen molar-refractivity contribution in [3.8, 4) is 0 Å². The highest BCUT2D eigenvalue weighted by molar-refractivity contribution is 7.86. The van der Waals surface area contributed by atoms with Crippen LogP contribution in [0.4, 0.5) is 0 Å². The molecule has 2 saturated heterocycles. The van der Waals surface area contributed by atoms with Gasteiger partial charge in [-0.15, -0.1) is 0 Å². The molecule has 1 unspecified atom stereocenters. The van der Waals surface area contributed by atoms with Crippen molar-refractivity contribution in [1.29, 1.82) is 0 Å². The molecule has 22 heavy (non-hydrogen) atoms. The monoisotopic (exact) mass is 324 g/mol. The third kappa shape index (κ3) is 3.51. The molecule has 2 fully saturated rings. The van der Waals surface area contributed by atoms with E-state index in [1.165, 1.54) is 5.56 Å². The van der Waals surface area contributed by atoms with Gasteiger partial charge in [0, 0.05) is 25.7 Å². The van der Waals surface area contributed by atoms with Gasteiger partial charge in [-0.05, 0) is 24.8 Å². The summed E-state index contributed by atoms with van der Waals surface area (Å²) in [6.07, 6.45) is 3.80. The van der Waals surface area contributed by atoms with Crippen LogP contribution in [0.3, 0.4) is 0 Å². The van der Waals surface area contributed by atoms with E-state index in [0.717, 1.165) is 25.7 Å². The Morgan fingerprint density at radius 2 is 1.77 bits per heavy atom. The van der Waals surface area contributed by atoms with E-state index in [9.17, 15) is 8.42 Å². The number of benzene rings is 1. The summed E-state index contributed by atoms with van der Waals surface area (Å²) in [5.74, 6) is 0. The Morgan fingerprint density at radius 3 is 2.50 bits per heavy atom. The molecule has 2 aliphatic heterocycles. The van der Waals surface area contributed by atoms with Gasteiger partial charge in [-0.25, -0.2) is 0 Å². The maximum atomic E-state index is 12.9. The van der Waals surface area contributed by atoms with E-state index in [4.69, 9.17) is 4.74 Å². The number of nitrogens with zero attached hydrogens (tertiary/aromatic N) is 2. The van der Waals surface area contributed by atoms with Crippen LogP contribution in [0.15, 0.2) is 30.3 Å². The fourth-order valence-electron chi connectivity index (χ4n) is 3.29. The van der Waals surface area contributed by atoms with E-state index in [1.54, 1.807) is 8.61 Å². The van der Waals surface area contributed by atoms with Crippen LogP contribution in [0.2, 0.25) is 0 Å². The van der Waals surface area contributed by atoms with Gasteiger partial charge in [-0.3, -0.25) is 0 Å². The largest absolute Gasteiger partial charge is 0.379 e. The van der Waals surface area contributed by atoms with Gasteiger partial charge in [0.15, 0.2) is 0 Å². The minimum atomic E-state index is -3.37. The van der Waals surface area contributed by atoms with Crippen LogP contribution < -0.4 is 0 Å². The number of hydrogen-bond acceptors (Lipinski definition) is 3. The molecule has 0 radical (unpaired) electrons. The van der Waals surface area contributed by atoms with Crippen LogP contribution in [0.25, 0.3) is 0 Å². The lowest BCUT2D eigenvalue weighted by atomic mass is 9.98. The quantitative estimate of drug-likeness (QED) is 0.846. The third-order valence-electron chi connectivity index (χ3n) is 4.48. The van der Waals surface area contributed by atoms with Crippen LogP contribution in [0.5, 0.6) is 0 Å². The Balaban J connectivity index is 1.76. The van der Waals surface area contributed by atoms with Crippen molar-refractivity contribution < 1.29 is 13.2 Å². The smallest absolute Gasteiger partial charge is 0.282 e. The molecular weight excluding hydrogens is 300 g/mol. The van der Waals surface area contributed by atoms with Crippen molar-refractivity contribution in [1.82, 2.24) is 8.61 Å². The van der Waals surface area contributed by atoms with Gasteiger partial charge in [0.2, 0.25) is 0 Å². The van der Waals surface area contributed by atoms with E-state index >= 15 is 0 Å². The number of morpholine rings is 1. The fourth-order valence-corrected chi connectivity index (χ4v) is 5.12. The molecule has 0 amide bonds. The average Bonchev–Trinajstić information content (AvgIpc) is 2.57. The third-order valence-corrected chi connectivity index (χ3v) is 6.57. The Morgan fingerprint density at radius 1 is 1.05 bits per heavy atom. The number of ether oxygens (including phenoxy) is 1. The summed E-state index contributed by atoms with van der Waals surface area (Å²) >= 11 is 0. The van der Waals surface area contributed by atoms with Gasteiger partial charge in [0.25, 0.3) is 10.2 Å². The first-order chi connectivity index (χ1) is 10.7. The number of piperidine rings is 1. The molecule has 122 valence electrons. The maximum absolute atomic E-state index is 12.9. The standard InChI is InChI=1S/C16H24N2O3S/c19-22(20,17-10-12-21-13-11-17)18-9-5-4-8-16(18)14-15-6-2-1-3-7-15/h1-3,6-7,16H,4-5,8-14H2. The van der Waals surface area contributed by atoms with Gasteiger partial charge in [-0.1, -0.05) is 36.8 Å². The van der Waals surface area contributed by atoms with Crippen molar-refractivity contribution in [2.45, 2.75) is 31.7 Å². The second-order valence-electron chi connectivity index (χ2n) is 5.97. The molecule has 6 heteroatoms. The Bertz CT molecular complexity index is 570. The normalized spacial score (nSPS) is 25.2. The SMILES string of the molecule is O=S(=O)(N1CCOCC1)N1CCCCC1Cc1ccccc1. The Hall–Kier alpha value is -0.950. The lowest BCUT2D eigenvalue weighted by Gasteiger charge is -2.39.